The predicted molar refractivity (Wildman–Crippen MR) is 64.8 cm³/mol. The standard InChI is InChI=1S/C14H24O/c1-5-6-13(15)10-9-12-8-7-11(2)14(12,3)4/h8,11H,5-7,9-10H2,1-4H3. The third-order valence-corrected chi connectivity index (χ3v) is 3.98. The van der Waals surface area contributed by atoms with Gasteiger partial charge < -0.3 is 0 Å². The normalized spacial score (nSPS) is 24.0. The summed E-state index contributed by atoms with van der Waals surface area (Å²) in [4.78, 5) is 11.5. The van der Waals surface area contributed by atoms with Gasteiger partial charge in [-0.1, -0.05) is 39.3 Å². The van der Waals surface area contributed by atoms with Crippen LogP contribution < -0.4 is 0 Å². The molecule has 1 aliphatic carbocycles. The van der Waals surface area contributed by atoms with Gasteiger partial charge in [0.1, 0.15) is 5.78 Å². The third-order valence-electron chi connectivity index (χ3n) is 3.98. The van der Waals surface area contributed by atoms with Crippen LogP contribution in [-0.4, -0.2) is 5.78 Å². The van der Waals surface area contributed by atoms with Gasteiger partial charge in [0.25, 0.3) is 0 Å². The molecule has 0 spiro atoms. The number of hydrogen-bond donors (Lipinski definition) is 0. The highest BCUT2D eigenvalue weighted by molar-refractivity contribution is 5.78. The number of ketones is 1. The lowest BCUT2D eigenvalue weighted by molar-refractivity contribution is -0.119. The zero-order valence-corrected chi connectivity index (χ0v) is 10.6. The van der Waals surface area contributed by atoms with Crippen molar-refractivity contribution in [1.82, 2.24) is 0 Å². The van der Waals surface area contributed by atoms with Gasteiger partial charge in [0.15, 0.2) is 0 Å². The Kier molecular flexibility index (Phi) is 4.12. The smallest absolute Gasteiger partial charge is 0.133 e. The van der Waals surface area contributed by atoms with Crippen LogP contribution in [0.1, 0.15) is 59.8 Å². The van der Waals surface area contributed by atoms with Crippen LogP contribution in [0.3, 0.4) is 0 Å². The van der Waals surface area contributed by atoms with E-state index in [0.717, 1.165) is 31.6 Å². The lowest BCUT2D eigenvalue weighted by atomic mass is 9.76. The molecule has 1 rings (SSSR count). The van der Waals surface area contributed by atoms with Crippen LogP contribution in [0.25, 0.3) is 0 Å². The molecule has 1 atom stereocenters. The molecule has 0 heterocycles. The van der Waals surface area contributed by atoms with E-state index in [0.29, 0.717) is 11.2 Å². The Balaban J connectivity index is 2.43. The molecule has 0 aromatic carbocycles. The average molecular weight is 208 g/mol. The second-order valence-electron chi connectivity index (χ2n) is 5.38. The fraction of sp³-hybridized carbons (Fsp3) is 0.786. The van der Waals surface area contributed by atoms with E-state index in [-0.39, 0.29) is 0 Å². The summed E-state index contributed by atoms with van der Waals surface area (Å²) in [6.07, 6.45) is 7.00. The van der Waals surface area contributed by atoms with E-state index in [2.05, 4.69) is 33.8 Å². The number of rotatable bonds is 5. The summed E-state index contributed by atoms with van der Waals surface area (Å²) in [6.45, 7) is 8.98. The Hall–Kier alpha value is -0.590. The lowest BCUT2D eigenvalue weighted by Crippen LogP contribution is -2.19. The molecular weight excluding hydrogens is 184 g/mol. The molecule has 1 nitrogen and oxygen atoms in total. The Morgan fingerprint density at radius 2 is 2.13 bits per heavy atom. The number of allylic oxidation sites excluding steroid dienone is 2. The number of Topliss-reactive ketones (excluding diaryl/α,β-unsaturated/α-hetero) is 1. The van der Waals surface area contributed by atoms with Crippen LogP contribution in [0.15, 0.2) is 11.6 Å². The first kappa shape index (κ1) is 12.5. The maximum Gasteiger partial charge on any atom is 0.133 e. The first-order valence-electron chi connectivity index (χ1n) is 6.19. The van der Waals surface area contributed by atoms with Crippen LogP contribution in [0.4, 0.5) is 0 Å². The van der Waals surface area contributed by atoms with Crippen molar-refractivity contribution in [1.29, 1.82) is 0 Å². The average Bonchev–Trinajstić information content (AvgIpc) is 2.40. The minimum atomic E-state index is 0.312. The highest BCUT2D eigenvalue weighted by Gasteiger charge is 2.33. The summed E-state index contributed by atoms with van der Waals surface area (Å²) in [5.41, 5.74) is 1.81. The monoisotopic (exact) mass is 208 g/mol. The van der Waals surface area contributed by atoms with Gasteiger partial charge in [-0.15, -0.1) is 0 Å². The molecule has 0 aromatic heterocycles. The molecular formula is C14H24O. The molecule has 86 valence electrons. The zero-order valence-electron chi connectivity index (χ0n) is 10.6. The van der Waals surface area contributed by atoms with Crippen LogP contribution in [0.2, 0.25) is 0 Å². The molecule has 15 heavy (non-hydrogen) atoms. The largest absolute Gasteiger partial charge is 0.300 e. The van der Waals surface area contributed by atoms with Crippen molar-refractivity contribution in [3.05, 3.63) is 11.6 Å². The van der Waals surface area contributed by atoms with Gasteiger partial charge in [-0.05, 0) is 30.6 Å². The molecule has 1 heteroatoms. The Labute approximate surface area is 93.9 Å². The highest BCUT2D eigenvalue weighted by Crippen LogP contribution is 2.44. The number of carbonyl (C=O) groups excluding carboxylic acids is 1. The van der Waals surface area contributed by atoms with Crippen molar-refractivity contribution in [3.8, 4) is 0 Å². The second kappa shape index (κ2) is 4.96. The van der Waals surface area contributed by atoms with Crippen molar-refractivity contribution in [3.63, 3.8) is 0 Å². The summed E-state index contributed by atoms with van der Waals surface area (Å²) in [5, 5.41) is 0. The first-order chi connectivity index (χ1) is 6.98. The molecule has 0 aliphatic heterocycles. The molecule has 1 aliphatic rings. The molecule has 1 unspecified atom stereocenters. The van der Waals surface area contributed by atoms with E-state index in [1.54, 1.807) is 0 Å². The topological polar surface area (TPSA) is 17.1 Å². The summed E-state index contributed by atoms with van der Waals surface area (Å²) in [6, 6.07) is 0. The Morgan fingerprint density at radius 1 is 1.47 bits per heavy atom. The number of hydrogen-bond acceptors (Lipinski definition) is 1. The molecule has 0 bridgehead atoms. The quantitative estimate of drug-likeness (QED) is 0.621. The molecule has 0 saturated heterocycles. The van der Waals surface area contributed by atoms with E-state index in [4.69, 9.17) is 0 Å². The van der Waals surface area contributed by atoms with Crippen LogP contribution >= 0.6 is 0 Å². The minimum Gasteiger partial charge on any atom is -0.300 e. The fourth-order valence-corrected chi connectivity index (χ4v) is 2.30. The summed E-state index contributed by atoms with van der Waals surface area (Å²) < 4.78 is 0. The van der Waals surface area contributed by atoms with Gasteiger partial charge >= 0.3 is 0 Å². The molecule has 0 fully saturated rings. The van der Waals surface area contributed by atoms with Crippen molar-refractivity contribution in [2.24, 2.45) is 11.3 Å². The maximum absolute atomic E-state index is 11.5. The van der Waals surface area contributed by atoms with Gasteiger partial charge in [0.05, 0.1) is 0 Å². The second-order valence-corrected chi connectivity index (χ2v) is 5.38. The molecule has 0 aromatic rings. The third kappa shape index (κ3) is 2.93. The Morgan fingerprint density at radius 3 is 2.60 bits per heavy atom. The molecule has 0 amide bonds. The summed E-state index contributed by atoms with van der Waals surface area (Å²) >= 11 is 0. The van der Waals surface area contributed by atoms with E-state index >= 15 is 0 Å². The number of carbonyl (C=O) groups is 1. The van der Waals surface area contributed by atoms with Crippen LogP contribution in [-0.2, 0) is 4.79 Å². The highest BCUT2D eigenvalue weighted by atomic mass is 16.1. The van der Waals surface area contributed by atoms with Crippen LogP contribution in [0, 0.1) is 11.3 Å². The minimum absolute atomic E-state index is 0.312. The van der Waals surface area contributed by atoms with E-state index in [1.807, 2.05) is 0 Å². The zero-order chi connectivity index (χ0) is 11.5. The summed E-state index contributed by atoms with van der Waals surface area (Å²) in [7, 11) is 0. The van der Waals surface area contributed by atoms with Gasteiger partial charge in [0.2, 0.25) is 0 Å². The lowest BCUT2D eigenvalue weighted by Gasteiger charge is -2.28. The van der Waals surface area contributed by atoms with Crippen molar-refractivity contribution < 1.29 is 4.79 Å². The van der Waals surface area contributed by atoms with Crippen molar-refractivity contribution in [2.45, 2.75) is 59.8 Å². The van der Waals surface area contributed by atoms with Gasteiger partial charge in [-0.25, -0.2) is 0 Å². The van der Waals surface area contributed by atoms with Gasteiger partial charge in [-0.2, -0.15) is 0 Å². The maximum atomic E-state index is 11.5. The van der Waals surface area contributed by atoms with Crippen molar-refractivity contribution in [2.75, 3.05) is 0 Å². The van der Waals surface area contributed by atoms with E-state index in [1.165, 1.54) is 12.0 Å². The Bertz CT molecular complexity index is 261. The SMILES string of the molecule is CCCC(=O)CCC1=CCC(C)C1(C)C. The van der Waals surface area contributed by atoms with Gasteiger partial charge in [-0.3, -0.25) is 4.79 Å². The van der Waals surface area contributed by atoms with Crippen LogP contribution in [0.5, 0.6) is 0 Å². The molecule has 0 radical (unpaired) electrons. The first-order valence-corrected chi connectivity index (χ1v) is 6.19. The fourth-order valence-electron chi connectivity index (χ4n) is 2.30. The molecule has 0 saturated carbocycles. The van der Waals surface area contributed by atoms with E-state index < -0.39 is 0 Å². The van der Waals surface area contributed by atoms with Gasteiger partial charge in [0, 0.05) is 12.8 Å². The predicted octanol–water partition coefficient (Wildman–Crippen LogP) is 4.13. The van der Waals surface area contributed by atoms with Crippen molar-refractivity contribution >= 4 is 5.78 Å². The summed E-state index contributed by atoms with van der Waals surface area (Å²) in [5.74, 6) is 1.16. The molecule has 0 N–H and O–H groups in total. The van der Waals surface area contributed by atoms with E-state index in [9.17, 15) is 4.79 Å².